The molecular formula is C15H18N2O3S. The minimum absolute atomic E-state index is 0.0181. The van der Waals surface area contributed by atoms with E-state index in [9.17, 15) is 14.7 Å². The number of amides is 1. The lowest BCUT2D eigenvalue weighted by molar-refractivity contribution is -0.148. The van der Waals surface area contributed by atoms with Crippen LogP contribution in [0.5, 0.6) is 0 Å². The molecule has 0 radical (unpaired) electrons. The lowest BCUT2D eigenvalue weighted by atomic mass is 9.79. The third-order valence-corrected chi connectivity index (χ3v) is 5.36. The van der Waals surface area contributed by atoms with E-state index in [1.165, 1.54) is 22.5 Å². The number of allylic oxidation sites excluding steroid dienone is 2. The van der Waals surface area contributed by atoms with Crippen LogP contribution >= 0.6 is 11.3 Å². The van der Waals surface area contributed by atoms with Crippen LogP contribution in [0, 0.1) is 23.7 Å². The predicted molar refractivity (Wildman–Crippen MR) is 79.9 cm³/mol. The Morgan fingerprint density at radius 1 is 1.29 bits per heavy atom. The fourth-order valence-electron chi connectivity index (χ4n) is 4.08. The third-order valence-electron chi connectivity index (χ3n) is 4.67. The highest BCUT2D eigenvalue weighted by Crippen LogP contribution is 2.57. The molecule has 5 nitrogen and oxygen atoms in total. The summed E-state index contributed by atoms with van der Waals surface area (Å²) in [5.74, 6) is -2.06. The molecule has 2 N–H and O–H groups in total. The largest absolute Gasteiger partial charge is 0.481 e. The number of nitrogens with zero attached hydrogens (tertiary/aromatic N) is 1. The van der Waals surface area contributed by atoms with Gasteiger partial charge in [-0.05, 0) is 38.5 Å². The van der Waals surface area contributed by atoms with Crippen molar-refractivity contribution in [2.75, 3.05) is 5.32 Å². The molecule has 21 heavy (non-hydrogen) atoms. The molecule has 2 fully saturated rings. The number of nitrogens with one attached hydrogen (secondary N) is 1. The van der Waals surface area contributed by atoms with E-state index < -0.39 is 17.8 Å². The van der Waals surface area contributed by atoms with Crippen molar-refractivity contribution in [3.8, 4) is 0 Å². The predicted octanol–water partition coefficient (Wildman–Crippen LogP) is 2.77. The number of hydrogen-bond acceptors (Lipinski definition) is 4. The number of aromatic nitrogens is 1. The summed E-state index contributed by atoms with van der Waals surface area (Å²) in [4.78, 5) is 28.3. The number of carboxylic acid groups (broad SMARTS) is 1. The van der Waals surface area contributed by atoms with Gasteiger partial charge in [-0.2, -0.15) is 0 Å². The van der Waals surface area contributed by atoms with Gasteiger partial charge < -0.3 is 10.4 Å². The average Bonchev–Trinajstić information content (AvgIpc) is 3.11. The van der Waals surface area contributed by atoms with Gasteiger partial charge in [0, 0.05) is 11.6 Å². The molecule has 1 amide bonds. The normalized spacial score (nSPS) is 30.5. The van der Waals surface area contributed by atoms with Crippen molar-refractivity contribution in [3.63, 3.8) is 0 Å². The minimum Gasteiger partial charge on any atom is -0.481 e. The van der Waals surface area contributed by atoms with E-state index in [-0.39, 0.29) is 17.7 Å². The molecule has 0 unspecified atom stereocenters. The molecule has 1 heterocycles. The number of rotatable bonds is 3. The maximum atomic E-state index is 12.6. The standard InChI is InChI=1S/C15H18N2O3S/c1-7(2)10-8-3-4-9(10)12(14(19)20)11(8)13(18)17-15-16-5-6-21-15/h5-6,8-9,11-12H,3-4H2,1-2H3,(H,19,20)(H,16,17,18)/t8-,9-,11+,12-/m1/s1. The first-order valence-corrected chi connectivity index (χ1v) is 7.99. The molecular weight excluding hydrogens is 288 g/mol. The second kappa shape index (κ2) is 5.26. The molecule has 3 rings (SSSR count). The molecule has 2 saturated carbocycles. The van der Waals surface area contributed by atoms with Gasteiger partial charge >= 0.3 is 5.97 Å². The highest BCUT2D eigenvalue weighted by atomic mass is 32.1. The first-order chi connectivity index (χ1) is 10.0. The molecule has 2 bridgehead atoms. The van der Waals surface area contributed by atoms with E-state index in [1.54, 1.807) is 11.6 Å². The maximum Gasteiger partial charge on any atom is 0.307 e. The summed E-state index contributed by atoms with van der Waals surface area (Å²) >= 11 is 1.34. The van der Waals surface area contributed by atoms with Crippen LogP contribution in [0.25, 0.3) is 0 Å². The van der Waals surface area contributed by atoms with Gasteiger partial charge in [0.05, 0.1) is 11.8 Å². The number of thiazole rings is 1. The van der Waals surface area contributed by atoms with Crippen LogP contribution in [0.3, 0.4) is 0 Å². The Kier molecular flexibility index (Phi) is 3.57. The van der Waals surface area contributed by atoms with Gasteiger partial charge in [0.15, 0.2) is 5.13 Å². The summed E-state index contributed by atoms with van der Waals surface area (Å²) < 4.78 is 0. The topological polar surface area (TPSA) is 79.3 Å². The Balaban J connectivity index is 1.91. The number of carbonyl (C=O) groups is 2. The summed E-state index contributed by atoms with van der Waals surface area (Å²) in [5.41, 5.74) is 2.36. The van der Waals surface area contributed by atoms with Crippen LogP contribution in [0.2, 0.25) is 0 Å². The molecule has 0 aromatic carbocycles. The number of hydrogen-bond donors (Lipinski definition) is 2. The number of anilines is 1. The zero-order valence-corrected chi connectivity index (χ0v) is 12.8. The summed E-state index contributed by atoms with van der Waals surface area (Å²) in [6, 6.07) is 0. The molecule has 0 saturated heterocycles. The Hall–Kier alpha value is -1.69. The molecule has 0 aliphatic heterocycles. The SMILES string of the molecule is CC(C)=C1[C@H]2CC[C@H]1[C@@H](C(=O)O)[C@H]2C(=O)Nc1nccs1. The molecule has 1 aromatic rings. The molecule has 4 atom stereocenters. The number of carbonyl (C=O) groups excluding carboxylic acids is 1. The second-order valence-electron chi connectivity index (χ2n) is 5.96. The van der Waals surface area contributed by atoms with Crippen LogP contribution in [0.1, 0.15) is 26.7 Å². The van der Waals surface area contributed by atoms with Crippen LogP contribution in [-0.2, 0) is 9.59 Å². The van der Waals surface area contributed by atoms with Gasteiger partial charge in [0.2, 0.25) is 5.91 Å². The monoisotopic (exact) mass is 306 g/mol. The first kappa shape index (κ1) is 14.3. The maximum absolute atomic E-state index is 12.6. The Labute approximate surface area is 127 Å². The number of carboxylic acids is 1. The number of fused-ring (bicyclic) bond motifs is 2. The highest BCUT2D eigenvalue weighted by Gasteiger charge is 2.57. The Morgan fingerprint density at radius 3 is 2.48 bits per heavy atom. The number of aliphatic carboxylic acids is 1. The van der Waals surface area contributed by atoms with Gasteiger partial charge in [0.1, 0.15) is 0 Å². The quantitative estimate of drug-likeness (QED) is 0.842. The fraction of sp³-hybridized carbons (Fsp3) is 0.533. The smallest absolute Gasteiger partial charge is 0.307 e. The van der Waals surface area contributed by atoms with Gasteiger partial charge in [-0.1, -0.05) is 11.1 Å². The lowest BCUT2D eigenvalue weighted by Crippen LogP contribution is -2.37. The van der Waals surface area contributed by atoms with E-state index in [2.05, 4.69) is 10.3 Å². The second-order valence-corrected chi connectivity index (χ2v) is 6.86. The van der Waals surface area contributed by atoms with Crippen LogP contribution in [0.15, 0.2) is 22.7 Å². The molecule has 6 heteroatoms. The summed E-state index contributed by atoms with van der Waals surface area (Å²) in [7, 11) is 0. The molecule has 2 aliphatic carbocycles. The van der Waals surface area contributed by atoms with Crippen LogP contribution in [0.4, 0.5) is 5.13 Å². The van der Waals surface area contributed by atoms with E-state index >= 15 is 0 Å². The summed E-state index contributed by atoms with van der Waals surface area (Å²) in [6.45, 7) is 4.03. The fourth-order valence-corrected chi connectivity index (χ4v) is 4.61. The zero-order chi connectivity index (χ0) is 15.1. The van der Waals surface area contributed by atoms with Gasteiger partial charge in [0.25, 0.3) is 0 Å². The molecule has 112 valence electrons. The van der Waals surface area contributed by atoms with Crippen molar-refractivity contribution in [3.05, 3.63) is 22.7 Å². The lowest BCUT2D eigenvalue weighted by Gasteiger charge is -2.25. The molecule has 0 spiro atoms. The van der Waals surface area contributed by atoms with Crippen LogP contribution in [-0.4, -0.2) is 22.0 Å². The minimum atomic E-state index is -0.861. The molecule has 1 aromatic heterocycles. The van der Waals surface area contributed by atoms with Crippen molar-refractivity contribution in [1.82, 2.24) is 4.98 Å². The van der Waals surface area contributed by atoms with E-state index in [0.717, 1.165) is 12.8 Å². The van der Waals surface area contributed by atoms with Gasteiger partial charge in [-0.3, -0.25) is 9.59 Å². The van der Waals surface area contributed by atoms with E-state index in [0.29, 0.717) is 5.13 Å². The highest BCUT2D eigenvalue weighted by molar-refractivity contribution is 7.13. The van der Waals surface area contributed by atoms with Crippen molar-refractivity contribution in [2.24, 2.45) is 23.7 Å². The third kappa shape index (κ3) is 2.27. The first-order valence-electron chi connectivity index (χ1n) is 7.11. The van der Waals surface area contributed by atoms with E-state index in [1.807, 2.05) is 13.8 Å². The van der Waals surface area contributed by atoms with E-state index in [4.69, 9.17) is 0 Å². The van der Waals surface area contributed by atoms with Crippen LogP contribution < -0.4 is 5.32 Å². The summed E-state index contributed by atoms with van der Waals surface area (Å²) in [5, 5.41) is 14.7. The zero-order valence-electron chi connectivity index (χ0n) is 12.0. The molecule has 2 aliphatic rings. The Morgan fingerprint density at radius 2 is 1.95 bits per heavy atom. The summed E-state index contributed by atoms with van der Waals surface area (Å²) in [6.07, 6.45) is 3.41. The Bertz CT molecular complexity index is 604. The van der Waals surface area contributed by atoms with Crippen molar-refractivity contribution in [2.45, 2.75) is 26.7 Å². The van der Waals surface area contributed by atoms with Crippen molar-refractivity contribution in [1.29, 1.82) is 0 Å². The van der Waals surface area contributed by atoms with Crippen molar-refractivity contribution >= 4 is 28.3 Å². The average molecular weight is 306 g/mol. The van der Waals surface area contributed by atoms with Crippen molar-refractivity contribution < 1.29 is 14.7 Å². The van der Waals surface area contributed by atoms with Gasteiger partial charge in [-0.15, -0.1) is 11.3 Å². The van der Waals surface area contributed by atoms with Gasteiger partial charge in [-0.25, -0.2) is 4.98 Å².